The average Bonchev–Trinajstić information content (AvgIpc) is 1.78. The minimum atomic E-state index is -4.09. The van der Waals surface area contributed by atoms with Crippen LogP contribution in [0.15, 0.2) is 304 Å². The lowest BCUT2D eigenvalue weighted by Gasteiger charge is -2.11. The van der Waals surface area contributed by atoms with E-state index in [2.05, 4.69) is 67.0 Å². The van der Waals surface area contributed by atoms with Crippen molar-refractivity contribution in [2.24, 2.45) is 0 Å². The molecule has 29 nitrogen and oxygen atoms in total. The van der Waals surface area contributed by atoms with Gasteiger partial charge in [0.2, 0.25) is 0 Å². The van der Waals surface area contributed by atoms with E-state index in [1.54, 1.807) is 98.2 Å². The number of hydrogen-bond acceptors (Lipinski definition) is 21. The lowest BCUT2D eigenvalue weighted by molar-refractivity contribution is -0.385. The summed E-state index contributed by atoms with van der Waals surface area (Å²) in [6.45, 7) is 3.89. The van der Waals surface area contributed by atoms with E-state index < -0.39 is 30.6 Å². The van der Waals surface area contributed by atoms with E-state index in [1.807, 2.05) is 105 Å². The first kappa shape index (κ1) is 76.2. The normalized spacial score (nSPS) is 11.1. The van der Waals surface area contributed by atoms with Crippen molar-refractivity contribution in [2.75, 3.05) is 0 Å². The van der Waals surface area contributed by atoms with Crippen LogP contribution in [0, 0.1) is 47.4 Å². The fraction of sp³-hybridized carbons (Fsp3) is 0.0357. The quantitative estimate of drug-likeness (QED) is 0.0330. The SMILES string of the molecule is CC(c1cccc([N+](=O)[O-])c1)c1c[nH]c2ncc(-c3cccnc3)cc12.Cc1ccc(S(=O)(=O)n2cc(C(=O)c3cccc([N+](=O)[O-])c3)c3cc(-c4cccnc4)cnc32)cc1.O=C(c1cccc([N+](=O)[O-])c1)c1c[nH]c2ncc(-c3cccnc3)cc12.O=Cc1cccc([N+](=O)[O-])c1.c1cncc(-c2cnc3[nH]ccc3c2)c1. The summed E-state index contributed by atoms with van der Waals surface area (Å²) in [5.74, 6) is -0.869. The Balaban J connectivity index is 0.000000131. The highest BCUT2D eigenvalue weighted by Crippen LogP contribution is 2.36. The molecule has 0 spiro atoms. The molecule has 0 fully saturated rings. The van der Waals surface area contributed by atoms with E-state index in [9.17, 15) is 63.3 Å². The predicted octanol–water partition coefficient (Wildman–Crippen LogP) is 17.3. The number of rotatable bonds is 17. The molecular formula is C84H60N16O13S. The van der Waals surface area contributed by atoms with Crippen molar-refractivity contribution in [2.45, 2.75) is 24.7 Å². The summed E-state index contributed by atoms with van der Waals surface area (Å²) in [7, 11) is -4.09. The van der Waals surface area contributed by atoms with Crippen LogP contribution in [0.2, 0.25) is 0 Å². The number of benzene rings is 5. The van der Waals surface area contributed by atoms with E-state index in [1.165, 1.54) is 97.3 Å². The van der Waals surface area contributed by atoms with Crippen LogP contribution in [0.25, 0.3) is 88.6 Å². The molecule has 17 aromatic rings. The number of carbonyl (C=O) groups excluding carboxylic acids is 3. The number of aromatic amines is 3. The number of nitro benzene ring substituents is 4. The van der Waals surface area contributed by atoms with E-state index >= 15 is 0 Å². The summed E-state index contributed by atoms with van der Waals surface area (Å²) in [5.41, 5.74) is 13.2. The van der Waals surface area contributed by atoms with Gasteiger partial charge in [0.05, 0.1) is 30.2 Å². The Hall–Kier alpha value is -16.0. The third-order valence-corrected chi connectivity index (χ3v) is 19.7. The van der Waals surface area contributed by atoms with Crippen LogP contribution < -0.4 is 0 Å². The number of pyridine rings is 8. The number of hydrogen-bond donors (Lipinski definition) is 3. The first-order valence-corrected chi connectivity index (χ1v) is 36.0. The van der Waals surface area contributed by atoms with Crippen molar-refractivity contribution in [1.82, 2.24) is 58.8 Å². The lowest BCUT2D eigenvalue weighted by Crippen LogP contribution is -2.12. The molecule has 5 aromatic carbocycles. The highest BCUT2D eigenvalue weighted by molar-refractivity contribution is 7.90. The van der Waals surface area contributed by atoms with Gasteiger partial charge in [-0.2, -0.15) is 0 Å². The predicted molar refractivity (Wildman–Crippen MR) is 427 cm³/mol. The van der Waals surface area contributed by atoms with Gasteiger partial charge in [-0.25, -0.2) is 32.3 Å². The zero-order valence-corrected chi connectivity index (χ0v) is 60.8. The molecule has 0 bridgehead atoms. The van der Waals surface area contributed by atoms with Crippen molar-refractivity contribution in [3.05, 3.63) is 384 Å². The number of nitrogens with one attached hydrogen (secondary N) is 3. The molecule has 0 amide bonds. The number of ketones is 2. The molecule has 12 heterocycles. The summed E-state index contributed by atoms with van der Waals surface area (Å²) in [4.78, 5) is 121. The number of carbonyl (C=O) groups is 3. The van der Waals surface area contributed by atoms with Crippen molar-refractivity contribution in [3.8, 4) is 44.5 Å². The van der Waals surface area contributed by atoms with Gasteiger partial charge < -0.3 is 15.0 Å². The number of non-ortho nitro benzene ring substituents is 4. The van der Waals surface area contributed by atoms with Crippen LogP contribution in [0.5, 0.6) is 0 Å². The van der Waals surface area contributed by atoms with Crippen molar-refractivity contribution in [1.29, 1.82) is 0 Å². The van der Waals surface area contributed by atoms with Crippen LogP contribution >= 0.6 is 0 Å². The Kier molecular flexibility index (Phi) is 22.8. The number of aldehydes is 1. The molecule has 0 radical (unpaired) electrons. The number of aryl methyl sites for hydroxylation is 1. The zero-order chi connectivity index (χ0) is 80.0. The van der Waals surface area contributed by atoms with Crippen molar-refractivity contribution < 1.29 is 42.5 Å². The van der Waals surface area contributed by atoms with Gasteiger partial charge in [-0.1, -0.05) is 97.4 Å². The Labute approximate surface area is 646 Å². The summed E-state index contributed by atoms with van der Waals surface area (Å²) >= 11 is 0. The molecule has 12 aromatic heterocycles. The molecule has 30 heteroatoms. The monoisotopic (exact) mass is 1530 g/mol. The second-order valence-corrected chi connectivity index (χ2v) is 27.2. The topological polar surface area (TPSA) is 413 Å². The van der Waals surface area contributed by atoms with Crippen LogP contribution in [0.1, 0.15) is 71.7 Å². The minimum absolute atomic E-state index is 0.00500. The summed E-state index contributed by atoms with van der Waals surface area (Å²) in [6.07, 6.45) is 27.9. The standard InChI is InChI=1S/C26H18N4O5S.C20H16N4O2.C19H12N4O3.C12H9N3.C7H5NO3/c1-17-7-9-22(10-8-17)36(34,35)29-16-24(25(31)18-4-2-6-21(12-18)30(32)33)23-13-20(15-28-26(23)29)19-5-3-11-27-14-19;1-13(14-4-2-6-17(8-14)24(25)26)19-12-23-20-18(19)9-16(11-22-20)15-5-3-7-21-10-15;24-18(12-3-1-5-15(7-12)23(25)26)17-11-22-19-16(17)8-14(10-21-19)13-4-2-6-20-9-13;1-2-10(7-13-4-1)11-6-9-3-5-14-12(9)15-8-11;9-5-6-2-1-3-7(4-6)8(10)11/h2-16H,1H3;2-13H,1H3,(H,22,23);1-11H,(H,21,22);1-8H,(H,14,15);1-5H. The summed E-state index contributed by atoms with van der Waals surface area (Å²) in [6, 6.07) is 54.5. The molecule has 0 aliphatic carbocycles. The summed E-state index contributed by atoms with van der Waals surface area (Å²) < 4.78 is 28.1. The maximum atomic E-state index is 13.5. The van der Waals surface area contributed by atoms with Crippen LogP contribution in [0.3, 0.4) is 0 Å². The largest absolute Gasteiger partial charge is 0.346 e. The number of nitrogens with zero attached hydrogens (tertiary/aromatic N) is 13. The molecule has 0 saturated carbocycles. The minimum Gasteiger partial charge on any atom is -0.346 e. The first-order valence-electron chi connectivity index (χ1n) is 34.5. The van der Waals surface area contributed by atoms with Crippen LogP contribution in [-0.2, 0) is 10.0 Å². The Morgan fingerprint density at radius 1 is 0.439 bits per heavy atom. The number of H-pyrrole nitrogens is 3. The molecule has 3 N–H and O–H groups in total. The first-order chi connectivity index (χ1) is 55.2. The molecule has 0 saturated heterocycles. The fourth-order valence-corrected chi connectivity index (χ4v) is 13.5. The lowest BCUT2D eigenvalue weighted by atomic mass is 9.92. The molecule has 1 unspecified atom stereocenters. The maximum absolute atomic E-state index is 13.5. The fourth-order valence-electron chi connectivity index (χ4n) is 12.2. The smallest absolute Gasteiger partial charge is 0.270 e. The molecule has 114 heavy (non-hydrogen) atoms. The third-order valence-electron chi connectivity index (χ3n) is 18.1. The van der Waals surface area contributed by atoms with Gasteiger partial charge in [0, 0.05) is 242 Å². The van der Waals surface area contributed by atoms with Gasteiger partial charge in [-0.3, -0.25) is 74.8 Å². The van der Waals surface area contributed by atoms with E-state index in [0.29, 0.717) is 39.4 Å². The Morgan fingerprint density at radius 3 is 1.40 bits per heavy atom. The van der Waals surface area contributed by atoms with Gasteiger partial charge in [0.1, 0.15) is 23.2 Å². The van der Waals surface area contributed by atoms with E-state index in [4.69, 9.17) is 0 Å². The van der Waals surface area contributed by atoms with Gasteiger partial charge in [0.15, 0.2) is 17.2 Å². The van der Waals surface area contributed by atoms with Crippen molar-refractivity contribution in [3.63, 3.8) is 0 Å². The Morgan fingerprint density at radius 2 is 0.886 bits per heavy atom. The second-order valence-electron chi connectivity index (χ2n) is 25.4. The average molecular weight is 1530 g/mol. The second kappa shape index (κ2) is 34.1. The van der Waals surface area contributed by atoms with E-state index in [0.717, 1.165) is 81.7 Å². The summed E-state index contributed by atoms with van der Waals surface area (Å²) in [5, 5.41) is 46.5. The molecule has 0 aliphatic heterocycles. The van der Waals surface area contributed by atoms with Crippen LogP contribution in [0.4, 0.5) is 22.7 Å². The molecule has 560 valence electrons. The molecular weight excluding hydrogens is 1470 g/mol. The number of aromatic nitrogens is 12. The van der Waals surface area contributed by atoms with E-state index in [-0.39, 0.29) is 66.6 Å². The highest BCUT2D eigenvalue weighted by atomic mass is 32.2. The Bertz CT molecular complexity index is 6590. The zero-order valence-electron chi connectivity index (χ0n) is 60.0. The van der Waals surface area contributed by atoms with Gasteiger partial charge in [-0.15, -0.1) is 0 Å². The maximum Gasteiger partial charge on any atom is 0.270 e. The van der Waals surface area contributed by atoms with Crippen LogP contribution in [-0.4, -0.2) is 105 Å². The van der Waals surface area contributed by atoms with Gasteiger partial charge in [0.25, 0.3) is 32.8 Å². The number of fused-ring (bicyclic) bond motifs is 4. The third kappa shape index (κ3) is 17.3. The molecule has 1 atom stereocenters. The molecule has 17 rings (SSSR count). The van der Waals surface area contributed by atoms with Gasteiger partial charge in [-0.05, 0) is 84.8 Å². The number of nitro groups is 4. The molecule has 0 aliphatic rings. The van der Waals surface area contributed by atoms with Crippen molar-refractivity contribution >= 4 is 94.8 Å². The van der Waals surface area contributed by atoms with Gasteiger partial charge >= 0.3 is 0 Å². The highest BCUT2D eigenvalue weighted by Gasteiger charge is 2.28.